The van der Waals surface area contributed by atoms with E-state index in [2.05, 4.69) is 10.0 Å². The van der Waals surface area contributed by atoms with Crippen LogP contribution in [0.5, 0.6) is 0 Å². The maximum Gasteiger partial charge on any atom is 0.328 e. The second kappa shape index (κ2) is 14.8. The summed E-state index contributed by atoms with van der Waals surface area (Å²) in [5.74, 6) is -2.15. The summed E-state index contributed by atoms with van der Waals surface area (Å²) in [6, 6.07) is 4.75. The Hall–Kier alpha value is -3.02. The number of aryl methyl sites for hydroxylation is 1. The molecular weight excluding hydrogens is 512 g/mol. The van der Waals surface area contributed by atoms with Gasteiger partial charge in [-0.05, 0) is 31.9 Å². The summed E-state index contributed by atoms with van der Waals surface area (Å²) in [5.41, 5.74) is 0.918. The number of cyclic esters (lactones) is 2. The Morgan fingerprint density at radius 2 is 1.55 bits per heavy atom. The molecule has 1 heterocycles. The molecule has 2 N–H and O–H groups in total. The van der Waals surface area contributed by atoms with Crippen molar-refractivity contribution in [3.63, 3.8) is 0 Å². The Bertz CT molecular complexity index is 1110. The third-order valence-corrected chi connectivity index (χ3v) is 7.68. The average Bonchev–Trinajstić information content (AvgIpc) is 2.86. The van der Waals surface area contributed by atoms with Gasteiger partial charge in [0.25, 0.3) is 0 Å². The van der Waals surface area contributed by atoms with Gasteiger partial charge in [0.1, 0.15) is 19.3 Å². The van der Waals surface area contributed by atoms with E-state index in [4.69, 9.17) is 14.2 Å². The SMILES string of the molecule is CO[C@H]1COC(=O)[C@H](C)NC(=O)C/C=C/[C@@H](C)[C@H](NS(=O)(=O)c2ccc(C)cc2)COC(=O)C/C=C/[C@@H]1C. The Labute approximate surface area is 224 Å². The first-order valence-corrected chi connectivity index (χ1v) is 14.0. The fourth-order valence-corrected chi connectivity index (χ4v) is 4.94. The molecule has 0 radical (unpaired) electrons. The summed E-state index contributed by atoms with van der Waals surface area (Å²) >= 11 is 0. The molecule has 1 aromatic rings. The Morgan fingerprint density at radius 3 is 2.21 bits per heavy atom. The summed E-state index contributed by atoms with van der Waals surface area (Å²) < 4.78 is 44.7. The van der Waals surface area contributed by atoms with Gasteiger partial charge in [0.2, 0.25) is 15.9 Å². The molecule has 10 nitrogen and oxygen atoms in total. The van der Waals surface area contributed by atoms with Crippen LogP contribution in [-0.4, -0.2) is 64.8 Å². The minimum Gasteiger partial charge on any atom is -0.464 e. The highest BCUT2D eigenvalue weighted by Gasteiger charge is 2.26. The zero-order chi connectivity index (χ0) is 28.3. The van der Waals surface area contributed by atoms with E-state index in [0.29, 0.717) is 0 Å². The molecule has 0 aromatic heterocycles. The fraction of sp³-hybridized carbons (Fsp3) is 0.519. The fourth-order valence-electron chi connectivity index (χ4n) is 3.63. The first kappa shape index (κ1) is 31.2. The molecule has 2 rings (SSSR count). The molecule has 0 spiro atoms. The maximum atomic E-state index is 13.0. The monoisotopic (exact) mass is 550 g/mol. The summed E-state index contributed by atoms with van der Waals surface area (Å²) in [6.45, 7) is 6.75. The van der Waals surface area contributed by atoms with E-state index in [-0.39, 0.29) is 36.9 Å². The number of rotatable bonds is 4. The van der Waals surface area contributed by atoms with Gasteiger partial charge in [-0.25, -0.2) is 17.9 Å². The van der Waals surface area contributed by atoms with Crippen LogP contribution in [0.25, 0.3) is 0 Å². The largest absolute Gasteiger partial charge is 0.464 e. The van der Waals surface area contributed by atoms with Crippen molar-refractivity contribution in [2.45, 2.75) is 63.6 Å². The third-order valence-electron chi connectivity index (χ3n) is 6.17. The van der Waals surface area contributed by atoms with Gasteiger partial charge < -0.3 is 19.5 Å². The predicted molar refractivity (Wildman–Crippen MR) is 141 cm³/mol. The lowest BCUT2D eigenvalue weighted by molar-refractivity contribution is -0.151. The lowest BCUT2D eigenvalue weighted by Gasteiger charge is -2.23. The van der Waals surface area contributed by atoms with Crippen molar-refractivity contribution >= 4 is 27.9 Å². The summed E-state index contributed by atoms with van der Waals surface area (Å²) in [4.78, 5) is 37.1. The number of esters is 2. The first-order chi connectivity index (χ1) is 17.9. The number of hydrogen-bond donors (Lipinski definition) is 2. The number of amides is 1. The minimum atomic E-state index is -3.90. The number of nitrogens with one attached hydrogen (secondary N) is 2. The molecule has 1 amide bonds. The van der Waals surface area contributed by atoms with Crippen LogP contribution >= 0.6 is 0 Å². The lowest BCUT2D eigenvalue weighted by Crippen LogP contribution is -2.42. The molecule has 38 heavy (non-hydrogen) atoms. The van der Waals surface area contributed by atoms with Crippen molar-refractivity contribution < 1.29 is 37.0 Å². The van der Waals surface area contributed by atoms with Crippen molar-refractivity contribution in [1.82, 2.24) is 10.0 Å². The quantitative estimate of drug-likeness (QED) is 0.431. The number of sulfonamides is 1. The van der Waals surface area contributed by atoms with Crippen molar-refractivity contribution in [1.29, 1.82) is 0 Å². The van der Waals surface area contributed by atoms with Crippen molar-refractivity contribution in [3.8, 4) is 0 Å². The van der Waals surface area contributed by atoms with Crippen LogP contribution in [0.2, 0.25) is 0 Å². The van der Waals surface area contributed by atoms with Crippen LogP contribution in [0.3, 0.4) is 0 Å². The molecular formula is C27H38N2O8S. The van der Waals surface area contributed by atoms with E-state index in [9.17, 15) is 22.8 Å². The Morgan fingerprint density at radius 1 is 0.921 bits per heavy atom. The Balaban J connectivity index is 2.25. The molecule has 1 aromatic carbocycles. The Kier molecular flexibility index (Phi) is 12.1. The minimum absolute atomic E-state index is 0.0221. The van der Waals surface area contributed by atoms with Gasteiger partial charge >= 0.3 is 11.9 Å². The topological polar surface area (TPSA) is 137 Å². The van der Waals surface area contributed by atoms with Crippen LogP contribution in [0.1, 0.15) is 39.2 Å². The molecule has 0 saturated heterocycles. The van der Waals surface area contributed by atoms with Crippen LogP contribution in [0.15, 0.2) is 53.5 Å². The number of benzene rings is 1. The van der Waals surface area contributed by atoms with Crippen molar-refractivity contribution in [2.75, 3.05) is 20.3 Å². The average molecular weight is 551 g/mol. The first-order valence-electron chi connectivity index (χ1n) is 12.5. The van der Waals surface area contributed by atoms with Gasteiger partial charge in [-0.2, -0.15) is 0 Å². The maximum absolute atomic E-state index is 13.0. The van der Waals surface area contributed by atoms with E-state index in [1.165, 1.54) is 26.2 Å². The zero-order valence-electron chi connectivity index (χ0n) is 22.5. The molecule has 1 aliphatic rings. The number of carbonyl (C=O) groups is 3. The van der Waals surface area contributed by atoms with Crippen LogP contribution in [0, 0.1) is 18.8 Å². The van der Waals surface area contributed by atoms with Gasteiger partial charge in [-0.3, -0.25) is 9.59 Å². The molecule has 11 heteroatoms. The van der Waals surface area contributed by atoms with E-state index < -0.39 is 52.0 Å². The van der Waals surface area contributed by atoms with E-state index in [0.717, 1.165) is 5.56 Å². The number of ether oxygens (including phenoxy) is 3. The van der Waals surface area contributed by atoms with E-state index in [1.54, 1.807) is 43.4 Å². The van der Waals surface area contributed by atoms with Gasteiger partial charge in [0, 0.05) is 19.4 Å². The highest BCUT2D eigenvalue weighted by Crippen LogP contribution is 2.15. The zero-order valence-corrected chi connectivity index (χ0v) is 23.3. The van der Waals surface area contributed by atoms with Crippen LogP contribution < -0.4 is 10.0 Å². The molecule has 0 bridgehead atoms. The molecule has 0 aliphatic carbocycles. The van der Waals surface area contributed by atoms with Crippen LogP contribution in [0.4, 0.5) is 0 Å². The van der Waals surface area contributed by atoms with Crippen molar-refractivity contribution in [3.05, 3.63) is 54.1 Å². The second-order valence-electron chi connectivity index (χ2n) is 9.40. The van der Waals surface area contributed by atoms with E-state index >= 15 is 0 Å². The summed E-state index contributed by atoms with van der Waals surface area (Å²) in [6.07, 6.45) is 6.10. The summed E-state index contributed by atoms with van der Waals surface area (Å²) in [5, 5.41) is 2.58. The molecule has 0 fully saturated rings. The number of carbonyl (C=O) groups excluding carboxylic acids is 3. The second-order valence-corrected chi connectivity index (χ2v) is 11.1. The third kappa shape index (κ3) is 10.0. The van der Waals surface area contributed by atoms with Gasteiger partial charge in [0.15, 0.2) is 0 Å². The molecule has 210 valence electrons. The highest BCUT2D eigenvalue weighted by atomic mass is 32.2. The molecule has 1 aliphatic heterocycles. The molecule has 0 unspecified atom stereocenters. The number of hydrogen-bond acceptors (Lipinski definition) is 8. The van der Waals surface area contributed by atoms with Crippen LogP contribution in [-0.2, 0) is 38.6 Å². The normalized spacial score (nSPS) is 28.6. The number of methoxy groups -OCH3 is 1. The standard InChI is InChI=1S/C27H38N2O8S/c1-18-12-14-22(15-13-18)38(33,34)29-23-16-36-26(31)11-7-9-20(3)24(35-5)17-37-27(32)21(4)28-25(30)10-6-8-19(23)2/h6-9,12-15,19-21,23-24,29H,10-11,16-17H2,1-5H3,(H,28,30)/b8-6+,9-7+/t19-,20+,21+,23-,24+/m1/s1. The van der Waals surface area contributed by atoms with Gasteiger partial charge in [-0.15, -0.1) is 0 Å². The molecule has 5 atom stereocenters. The van der Waals surface area contributed by atoms with Gasteiger partial charge in [0.05, 0.1) is 23.5 Å². The molecule has 0 saturated carbocycles. The predicted octanol–water partition coefficient (Wildman–Crippen LogP) is 2.43. The van der Waals surface area contributed by atoms with E-state index in [1.807, 2.05) is 13.8 Å². The summed E-state index contributed by atoms with van der Waals surface area (Å²) in [7, 11) is -2.41. The smallest absolute Gasteiger partial charge is 0.328 e. The van der Waals surface area contributed by atoms with Crippen molar-refractivity contribution in [2.24, 2.45) is 11.8 Å². The lowest BCUT2D eigenvalue weighted by atomic mass is 10.0. The highest BCUT2D eigenvalue weighted by molar-refractivity contribution is 7.89. The van der Waals surface area contributed by atoms with Gasteiger partial charge in [-0.1, -0.05) is 55.8 Å².